The van der Waals surface area contributed by atoms with Gasteiger partial charge in [-0.05, 0) is 6.42 Å². The quantitative estimate of drug-likeness (QED) is 0.787. The predicted octanol–water partition coefficient (Wildman–Crippen LogP) is 2.04. The molecule has 0 saturated heterocycles. The number of nitrogens with one attached hydrogen (secondary N) is 1. The average Bonchev–Trinajstić information content (AvgIpc) is 2.35. The molecule has 2 aliphatic rings. The summed E-state index contributed by atoms with van der Waals surface area (Å²) in [5, 5.41) is 3.44. The Morgan fingerprint density at radius 2 is 1.88 bits per heavy atom. The third-order valence-electron chi connectivity index (χ3n) is 2.94. The monoisotopic (exact) mass is 221 g/mol. The first-order chi connectivity index (χ1) is 7.86. The Balaban J connectivity index is 1.95. The van der Waals surface area contributed by atoms with Crippen molar-refractivity contribution in [2.24, 2.45) is 0 Å². The van der Waals surface area contributed by atoms with Gasteiger partial charge in [0.1, 0.15) is 25.6 Å². The van der Waals surface area contributed by atoms with Crippen molar-refractivity contribution in [2.45, 2.75) is 19.4 Å². The van der Waals surface area contributed by atoms with Crippen LogP contribution >= 0.6 is 0 Å². The van der Waals surface area contributed by atoms with Gasteiger partial charge in [0.15, 0.2) is 11.5 Å². The van der Waals surface area contributed by atoms with Gasteiger partial charge in [-0.2, -0.15) is 0 Å². The Bertz CT molecular complexity index is 405. The summed E-state index contributed by atoms with van der Waals surface area (Å²) < 4.78 is 16.7. The molecule has 1 aromatic rings. The molecule has 0 fully saturated rings. The zero-order chi connectivity index (χ0) is 11.0. The van der Waals surface area contributed by atoms with Crippen molar-refractivity contribution in [1.82, 2.24) is 0 Å². The van der Waals surface area contributed by atoms with E-state index in [4.69, 9.17) is 14.2 Å². The minimum Gasteiger partial charge on any atom is -0.489 e. The van der Waals surface area contributed by atoms with E-state index in [1.165, 1.54) is 0 Å². The standard InChI is InChI=1S/C12H15NO3/c1-2-8-7-16-10-6-12-11(5-9(10)13-8)14-3-4-15-12/h5-6,8,13H,2-4,7H2,1H3. The van der Waals surface area contributed by atoms with Gasteiger partial charge in [-0.3, -0.25) is 0 Å². The maximum absolute atomic E-state index is 5.69. The van der Waals surface area contributed by atoms with Crippen LogP contribution in [-0.2, 0) is 0 Å². The summed E-state index contributed by atoms with van der Waals surface area (Å²) in [4.78, 5) is 0. The first-order valence-electron chi connectivity index (χ1n) is 5.70. The third kappa shape index (κ3) is 1.54. The summed E-state index contributed by atoms with van der Waals surface area (Å²) in [7, 11) is 0. The van der Waals surface area contributed by atoms with E-state index >= 15 is 0 Å². The second kappa shape index (κ2) is 3.77. The van der Waals surface area contributed by atoms with Gasteiger partial charge >= 0.3 is 0 Å². The Kier molecular flexibility index (Phi) is 2.27. The molecule has 0 aliphatic carbocycles. The van der Waals surface area contributed by atoms with Crippen molar-refractivity contribution >= 4 is 5.69 Å². The van der Waals surface area contributed by atoms with Crippen molar-refractivity contribution in [3.63, 3.8) is 0 Å². The largest absolute Gasteiger partial charge is 0.489 e. The Morgan fingerprint density at radius 3 is 2.62 bits per heavy atom. The van der Waals surface area contributed by atoms with E-state index in [9.17, 15) is 0 Å². The molecule has 16 heavy (non-hydrogen) atoms. The van der Waals surface area contributed by atoms with E-state index in [2.05, 4.69) is 12.2 Å². The van der Waals surface area contributed by atoms with Crippen LogP contribution in [0.1, 0.15) is 13.3 Å². The molecule has 86 valence electrons. The molecule has 0 spiro atoms. The molecule has 2 aliphatic heterocycles. The molecule has 4 heteroatoms. The normalized spacial score (nSPS) is 21.7. The fourth-order valence-corrected chi connectivity index (χ4v) is 1.97. The van der Waals surface area contributed by atoms with Crippen molar-refractivity contribution in [2.75, 3.05) is 25.1 Å². The van der Waals surface area contributed by atoms with Crippen LogP contribution in [0.5, 0.6) is 17.2 Å². The number of benzene rings is 1. The second-order valence-corrected chi connectivity index (χ2v) is 4.05. The average molecular weight is 221 g/mol. The summed E-state index contributed by atoms with van der Waals surface area (Å²) in [5.74, 6) is 2.44. The summed E-state index contributed by atoms with van der Waals surface area (Å²) >= 11 is 0. The minimum atomic E-state index is 0.384. The van der Waals surface area contributed by atoms with Crippen LogP contribution in [-0.4, -0.2) is 25.9 Å². The minimum absolute atomic E-state index is 0.384. The summed E-state index contributed by atoms with van der Waals surface area (Å²) in [6, 6.07) is 4.25. The lowest BCUT2D eigenvalue weighted by molar-refractivity contribution is 0.170. The number of anilines is 1. The van der Waals surface area contributed by atoms with E-state index in [1.54, 1.807) is 0 Å². The highest BCUT2D eigenvalue weighted by Gasteiger charge is 2.22. The topological polar surface area (TPSA) is 39.7 Å². The molecule has 0 radical (unpaired) electrons. The van der Waals surface area contributed by atoms with Crippen LogP contribution in [0.25, 0.3) is 0 Å². The van der Waals surface area contributed by atoms with Crippen molar-refractivity contribution in [1.29, 1.82) is 0 Å². The van der Waals surface area contributed by atoms with Crippen LogP contribution in [0.15, 0.2) is 12.1 Å². The molecule has 0 bridgehead atoms. The fraction of sp³-hybridized carbons (Fsp3) is 0.500. The Labute approximate surface area is 94.5 Å². The van der Waals surface area contributed by atoms with Crippen LogP contribution in [0.4, 0.5) is 5.69 Å². The van der Waals surface area contributed by atoms with Crippen LogP contribution in [0.2, 0.25) is 0 Å². The first kappa shape index (κ1) is 9.63. The number of hydrogen-bond donors (Lipinski definition) is 1. The van der Waals surface area contributed by atoms with E-state index < -0.39 is 0 Å². The molecule has 0 saturated carbocycles. The van der Waals surface area contributed by atoms with Gasteiger partial charge in [0, 0.05) is 12.1 Å². The predicted molar refractivity (Wildman–Crippen MR) is 60.6 cm³/mol. The number of hydrogen-bond acceptors (Lipinski definition) is 4. The lowest BCUT2D eigenvalue weighted by Crippen LogP contribution is -2.30. The van der Waals surface area contributed by atoms with E-state index in [0.29, 0.717) is 25.9 Å². The lowest BCUT2D eigenvalue weighted by atomic mass is 10.1. The molecule has 2 heterocycles. The Hall–Kier alpha value is -1.58. The van der Waals surface area contributed by atoms with Gasteiger partial charge in [0.25, 0.3) is 0 Å². The molecule has 0 aromatic heterocycles. The van der Waals surface area contributed by atoms with Crippen LogP contribution in [0, 0.1) is 0 Å². The fourth-order valence-electron chi connectivity index (χ4n) is 1.97. The molecule has 1 N–H and O–H groups in total. The van der Waals surface area contributed by atoms with Gasteiger partial charge in [0.05, 0.1) is 11.7 Å². The molecular weight excluding hydrogens is 206 g/mol. The van der Waals surface area contributed by atoms with Gasteiger partial charge in [-0.1, -0.05) is 6.92 Å². The maximum Gasteiger partial charge on any atom is 0.165 e. The van der Waals surface area contributed by atoms with Crippen molar-refractivity contribution < 1.29 is 14.2 Å². The number of ether oxygens (including phenoxy) is 3. The highest BCUT2D eigenvalue weighted by Crippen LogP contribution is 2.41. The van der Waals surface area contributed by atoms with Gasteiger partial charge in [-0.15, -0.1) is 0 Å². The summed E-state index contributed by atoms with van der Waals surface area (Å²) in [6.07, 6.45) is 1.05. The molecule has 1 aromatic carbocycles. The van der Waals surface area contributed by atoms with Crippen LogP contribution < -0.4 is 19.5 Å². The van der Waals surface area contributed by atoms with E-state index in [0.717, 1.165) is 29.4 Å². The van der Waals surface area contributed by atoms with Crippen molar-refractivity contribution in [3.05, 3.63) is 12.1 Å². The number of fused-ring (bicyclic) bond motifs is 2. The lowest BCUT2D eigenvalue weighted by Gasteiger charge is -2.28. The van der Waals surface area contributed by atoms with Crippen LogP contribution in [0.3, 0.4) is 0 Å². The molecule has 1 atom stereocenters. The highest BCUT2D eigenvalue weighted by atomic mass is 16.6. The third-order valence-corrected chi connectivity index (χ3v) is 2.94. The molecule has 3 rings (SSSR count). The molecular formula is C12H15NO3. The zero-order valence-corrected chi connectivity index (χ0v) is 9.29. The molecule has 4 nitrogen and oxygen atoms in total. The van der Waals surface area contributed by atoms with Gasteiger partial charge in [-0.25, -0.2) is 0 Å². The number of rotatable bonds is 1. The van der Waals surface area contributed by atoms with E-state index in [-0.39, 0.29) is 0 Å². The van der Waals surface area contributed by atoms with Gasteiger partial charge < -0.3 is 19.5 Å². The smallest absolute Gasteiger partial charge is 0.165 e. The summed E-state index contributed by atoms with van der Waals surface area (Å²) in [5.41, 5.74) is 1.00. The Morgan fingerprint density at radius 1 is 1.12 bits per heavy atom. The first-order valence-corrected chi connectivity index (χ1v) is 5.70. The van der Waals surface area contributed by atoms with E-state index in [1.807, 2.05) is 12.1 Å². The molecule has 1 unspecified atom stereocenters. The highest BCUT2D eigenvalue weighted by molar-refractivity contribution is 5.66. The zero-order valence-electron chi connectivity index (χ0n) is 9.29. The van der Waals surface area contributed by atoms with Gasteiger partial charge in [0.2, 0.25) is 0 Å². The molecule has 0 amide bonds. The summed E-state index contributed by atoms with van der Waals surface area (Å²) in [6.45, 7) is 4.08. The SMILES string of the molecule is CCC1COc2cc3c(cc2N1)OCCO3. The second-order valence-electron chi connectivity index (χ2n) is 4.05. The van der Waals surface area contributed by atoms with Crippen molar-refractivity contribution in [3.8, 4) is 17.2 Å². The maximum atomic E-state index is 5.69.